The van der Waals surface area contributed by atoms with Crippen molar-refractivity contribution < 1.29 is 53.4 Å². The van der Waals surface area contributed by atoms with Crippen LogP contribution in [0.4, 0.5) is 0 Å². The van der Waals surface area contributed by atoms with Gasteiger partial charge in [-0.15, -0.1) is 0 Å². The summed E-state index contributed by atoms with van der Waals surface area (Å²) in [6.45, 7) is 7.88. The molecule has 0 amide bonds. The third-order valence-corrected chi connectivity index (χ3v) is 3.22. The van der Waals surface area contributed by atoms with Gasteiger partial charge in [-0.25, -0.2) is 19.2 Å². The van der Waals surface area contributed by atoms with Crippen molar-refractivity contribution in [2.45, 2.75) is 19.0 Å². The lowest BCUT2D eigenvalue weighted by molar-refractivity contribution is -0.356. The summed E-state index contributed by atoms with van der Waals surface area (Å²) in [5.41, 5.74) is -0.946. The molecule has 0 rings (SSSR count). The summed E-state index contributed by atoms with van der Waals surface area (Å²) in [4.78, 5) is 47.6. The number of carbonyl (C=O) groups is 4. The molecule has 0 saturated carbocycles. The smallest absolute Gasteiger partial charge is 0.447 e. The minimum Gasteiger partial charge on any atom is -0.447 e. The van der Waals surface area contributed by atoms with Crippen LogP contribution in [0.5, 0.6) is 0 Å². The van der Waals surface area contributed by atoms with Crippen molar-refractivity contribution in [1.82, 2.24) is 0 Å². The summed E-state index contributed by atoms with van der Waals surface area (Å²) in [5.74, 6) is -7.96. The highest BCUT2D eigenvalue weighted by atomic mass is 16.9. The maximum atomic E-state index is 12.5. The Hall–Kier alpha value is -3.28. The molecule has 0 aromatic heterocycles. The van der Waals surface area contributed by atoms with E-state index in [9.17, 15) is 34.5 Å². The Bertz CT molecular complexity index is 677. The lowest BCUT2D eigenvalue weighted by atomic mass is 10.1. The van der Waals surface area contributed by atoms with E-state index in [1.807, 2.05) is 0 Å². The van der Waals surface area contributed by atoms with Crippen molar-refractivity contribution in [2.24, 2.45) is 0 Å². The minimum atomic E-state index is -2.97. The number of rotatable bonds is 12. The van der Waals surface area contributed by atoms with Crippen molar-refractivity contribution in [3.8, 4) is 0 Å². The molecule has 0 fully saturated rings. The van der Waals surface area contributed by atoms with Gasteiger partial charge >= 0.3 is 29.9 Å². The van der Waals surface area contributed by atoms with Gasteiger partial charge in [0.05, 0.1) is 25.4 Å². The predicted octanol–water partition coefficient (Wildman–Crippen LogP) is -0.967. The van der Waals surface area contributed by atoms with Gasteiger partial charge in [0.15, 0.2) is 0 Å². The van der Waals surface area contributed by atoms with Crippen molar-refractivity contribution in [2.75, 3.05) is 19.8 Å². The van der Waals surface area contributed by atoms with Crippen LogP contribution in [0.2, 0.25) is 0 Å². The molecule has 1 unspecified atom stereocenters. The fraction of sp³-hybridized carbons (Fsp3) is 0.333. The van der Waals surface area contributed by atoms with E-state index in [2.05, 4.69) is 19.7 Å². The number of hydrogen-bond acceptors (Lipinski definition) is 11. The first-order valence-electron chi connectivity index (χ1n) is 7.95. The van der Waals surface area contributed by atoms with Gasteiger partial charge in [0.2, 0.25) is 6.10 Å². The van der Waals surface area contributed by atoms with Gasteiger partial charge in [0, 0.05) is 18.2 Å². The van der Waals surface area contributed by atoms with E-state index in [4.69, 9.17) is 18.9 Å². The quantitative estimate of drug-likeness (QED) is 0.204. The van der Waals surface area contributed by atoms with Crippen LogP contribution in [0.25, 0.3) is 0 Å². The third-order valence-electron chi connectivity index (χ3n) is 3.22. The number of esters is 4. The lowest BCUT2D eigenvalue weighted by Gasteiger charge is -2.34. The van der Waals surface area contributed by atoms with Crippen molar-refractivity contribution >= 4 is 23.9 Å². The monoisotopic (exact) mass is 414 g/mol. The Kier molecular flexibility index (Phi) is 10.8. The van der Waals surface area contributed by atoms with E-state index < -0.39 is 61.3 Å². The number of aliphatic hydroxyl groups is 3. The standard InChI is InChI=1S/C18H22O11/c1-5-14(22)26-11(4)18(27-15(23)6-2,28-16(24)7-3)29-17(25)13(10-21)12(8-19)9-20/h5-7,11,19-21H,1-3,8-10H2,4H3. The second-order valence-corrected chi connectivity index (χ2v) is 5.08. The van der Waals surface area contributed by atoms with Crippen LogP contribution in [0.3, 0.4) is 0 Å². The Morgan fingerprint density at radius 1 is 0.828 bits per heavy atom. The summed E-state index contributed by atoms with van der Waals surface area (Å²) < 4.78 is 19.5. The molecular formula is C18H22O11. The van der Waals surface area contributed by atoms with Gasteiger partial charge in [-0.05, 0) is 12.5 Å². The summed E-state index contributed by atoms with van der Waals surface area (Å²) in [6.07, 6.45) is 0.281. The SMILES string of the molecule is C=CC(=O)OC(C)C(OC(=O)C=C)(OC(=O)C=C)OC(=O)C(CO)=C(CO)CO. The van der Waals surface area contributed by atoms with Crippen LogP contribution in [0.1, 0.15) is 6.92 Å². The van der Waals surface area contributed by atoms with Crippen LogP contribution in [0.15, 0.2) is 49.1 Å². The molecule has 0 aliphatic heterocycles. The molecule has 0 aromatic rings. The molecule has 29 heavy (non-hydrogen) atoms. The van der Waals surface area contributed by atoms with Gasteiger partial charge in [-0.2, -0.15) is 0 Å². The lowest BCUT2D eigenvalue weighted by Crippen LogP contribution is -2.54. The third kappa shape index (κ3) is 7.33. The maximum Gasteiger partial charge on any atom is 0.463 e. The highest BCUT2D eigenvalue weighted by Gasteiger charge is 2.52. The molecule has 0 bridgehead atoms. The molecule has 0 aliphatic rings. The molecular weight excluding hydrogens is 392 g/mol. The van der Waals surface area contributed by atoms with Gasteiger partial charge in [-0.1, -0.05) is 19.7 Å². The fourth-order valence-corrected chi connectivity index (χ4v) is 1.72. The topological polar surface area (TPSA) is 166 Å². The molecule has 3 N–H and O–H groups in total. The molecule has 0 aromatic carbocycles. The van der Waals surface area contributed by atoms with E-state index in [1.54, 1.807) is 0 Å². The zero-order valence-electron chi connectivity index (χ0n) is 15.7. The second-order valence-electron chi connectivity index (χ2n) is 5.08. The van der Waals surface area contributed by atoms with E-state index >= 15 is 0 Å². The fourth-order valence-electron chi connectivity index (χ4n) is 1.72. The second kappa shape index (κ2) is 12.2. The zero-order chi connectivity index (χ0) is 22.6. The van der Waals surface area contributed by atoms with Gasteiger partial charge in [-0.3, -0.25) is 0 Å². The van der Waals surface area contributed by atoms with Crippen molar-refractivity contribution in [3.05, 3.63) is 49.1 Å². The first kappa shape index (κ1) is 25.7. The van der Waals surface area contributed by atoms with Gasteiger partial charge < -0.3 is 34.3 Å². The minimum absolute atomic E-state index is 0.327. The Morgan fingerprint density at radius 3 is 1.62 bits per heavy atom. The molecule has 0 spiro atoms. The first-order chi connectivity index (χ1) is 13.6. The van der Waals surface area contributed by atoms with E-state index in [1.165, 1.54) is 0 Å². The number of aliphatic hydroxyl groups excluding tert-OH is 3. The van der Waals surface area contributed by atoms with E-state index in [-0.39, 0.29) is 5.57 Å². The molecule has 0 heterocycles. The largest absolute Gasteiger partial charge is 0.463 e. The Labute approximate surface area is 166 Å². The summed E-state index contributed by atoms with van der Waals surface area (Å²) in [6, 6.07) is 0. The zero-order valence-corrected chi connectivity index (χ0v) is 15.7. The van der Waals surface area contributed by atoms with Crippen LogP contribution in [0, 0.1) is 0 Å². The normalized spacial score (nSPS) is 11.3. The summed E-state index contributed by atoms with van der Waals surface area (Å²) >= 11 is 0. The highest BCUT2D eigenvalue weighted by molar-refractivity contribution is 5.91. The average Bonchev–Trinajstić information content (AvgIpc) is 2.70. The maximum absolute atomic E-state index is 12.5. The number of hydrogen-bond donors (Lipinski definition) is 3. The van der Waals surface area contributed by atoms with Crippen LogP contribution in [-0.2, 0) is 38.1 Å². The highest BCUT2D eigenvalue weighted by Crippen LogP contribution is 2.26. The molecule has 160 valence electrons. The molecule has 0 saturated heterocycles. The van der Waals surface area contributed by atoms with Gasteiger partial charge in [0.1, 0.15) is 0 Å². The van der Waals surface area contributed by atoms with Gasteiger partial charge in [0.25, 0.3) is 0 Å². The average molecular weight is 414 g/mol. The summed E-state index contributed by atoms with van der Waals surface area (Å²) in [7, 11) is 0. The first-order valence-corrected chi connectivity index (χ1v) is 7.95. The Morgan fingerprint density at radius 2 is 1.28 bits per heavy atom. The number of ether oxygens (including phenoxy) is 4. The predicted molar refractivity (Wildman–Crippen MR) is 95.4 cm³/mol. The molecule has 11 heteroatoms. The van der Waals surface area contributed by atoms with E-state index in [0.717, 1.165) is 13.0 Å². The molecule has 0 radical (unpaired) electrons. The van der Waals surface area contributed by atoms with Crippen LogP contribution >= 0.6 is 0 Å². The van der Waals surface area contributed by atoms with Crippen LogP contribution < -0.4 is 0 Å². The molecule has 11 nitrogen and oxygen atoms in total. The van der Waals surface area contributed by atoms with E-state index in [0.29, 0.717) is 12.2 Å². The van der Waals surface area contributed by atoms with Crippen molar-refractivity contribution in [3.63, 3.8) is 0 Å². The van der Waals surface area contributed by atoms with Crippen molar-refractivity contribution in [1.29, 1.82) is 0 Å². The molecule has 1 atom stereocenters. The van der Waals surface area contributed by atoms with Crippen LogP contribution in [-0.4, -0.2) is 71.1 Å². The molecule has 0 aliphatic carbocycles. The summed E-state index contributed by atoms with van der Waals surface area (Å²) in [5, 5.41) is 27.8. The number of carbonyl (C=O) groups excluding carboxylic acids is 4. The Balaban J connectivity index is 6.37.